The molecular weight excluding hydrogens is 432 g/mol. The van der Waals surface area contributed by atoms with Gasteiger partial charge in [0.1, 0.15) is 23.0 Å². The van der Waals surface area contributed by atoms with E-state index >= 15 is 0 Å². The van der Waals surface area contributed by atoms with Gasteiger partial charge in [-0.15, -0.1) is 0 Å². The van der Waals surface area contributed by atoms with Gasteiger partial charge in [0.2, 0.25) is 0 Å². The summed E-state index contributed by atoms with van der Waals surface area (Å²) >= 11 is 0. The van der Waals surface area contributed by atoms with E-state index in [-0.39, 0.29) is 11.3 Å². The first-order chi connectivity index (χ1) is 16.6. The molecular formula is C31H34N2O2. The molecule has 1 atom stereocenters. The van der Waals surface area contributed by atoms with E-state index in [0.717, 1.165) is 45.5 Å². The van der Waals surface area contributed by atoms with Crippen LogP contribution in [-0.2, 0) is 5.41 Å². The molecule has 0 heterocycles. The second kappa shape index (κ2) is 9.75. The normalized spacial score (nSPS) is 12.3. The molecule has 4 heteroatoms. The second-order valence-corrected chi connectivity index (χ2v) is 9.79. The van der Waals surface area contributed by atoms with E-state index in [2.05, 4.69) is 71.0 Å². The summed E-state index contributed by atoms with van der Waals surface area (Å²) in [6, 6.07) is 27.8. The van der Waals surface area contributed by atoms with Crippen molar-refractivity contribution in [1.29, 1.82) is 0 Å². The summed E-state index contributed by atoms with van der Waals surface area (Å²) in [5.74, 6) is 3.54. The number of rotatable bonds is 7. The third-order valence-electron chi connectivity index (χ3n) is 6.92. The molecule has 0 aromatic heterocycles. The van der Waals surface area contributed by atoms with Crippen molar-refractivity contribution >= 4 is 11.4 Å². The molecule has 0 radical (unpaired) electrons. The van der Waals surface area contributed by atoms with E-state index in [9.17, 15) is 0 Å². The van der Waals surface area contributed by atoms with E-state index in [1.807, 2.05) is 48.5 Å². The Labute approximate surface area is 208 Å². The van der Waals surface area contributed by atoms with E-state index < -0.39 is 0 Å². The van der Waals surface area contributed by atoms with Gasteiger partial charge in [-0.05, 0) is 108 Å². The van der Waals surface area contributed by atoms with Crippen molar-refractivity contribution in [2.75, 3.05) is 11.5 Å². The SMILES string of the molecule is Cc1cc(C(C)C(C)(C)c2ccc(Oc3ccc(N)cc3)c(C)c2)ccc1Oc1ccc(N)cc1. The van der Waals surface area contributed by atoms with Crippen LogP contribution in [0, 0.1) is 13.8 Å². The number of anilines is 2. The lowest BCUT2D eigenvalue weighted by Crippen LogP contribution is -2.25. The van der Waals surface area contributed by atoms with Crippen LogP contribution in [0.25, 0.3) is 0 Å². The molecule has 0 bridgehead atoms. The number of hydrogen-bond acceptors (Lipinski definition) is 4. The Kier molecular flexibility index (Phi) is 6.74. The van der Waals surface area contributed by atoms with Crippen LogP contribution in [0.1, 0.15) is 48.9 Å². The second-order valence-electron chi connectivity index (χ2n) is 9.79. The fraction of sp³-hybridized carbons (Fsp3) is 0.226. The van der Waals surface area contributed by atoms with E-state index in [1.54, 1.807) is 0 Å². The molecule has 35 heavy (non-hydrogen) atoms. The predicted molar refractivity (Wildman–Crippen MR) is 146 cm³/mol. The monoisotopic (exact) mass is 466 g/mol. The summed E-state index contributed by atoms with van der Waals surface area (Å²) in [7, 11) is 0. The first kappa shape index (κ1) is 24.2. The van der Waals surface area contributed by atoms with Gasteiger partial charge in [0, 0.05) is 11.4 Å². The standard InChI is InChI=1S/C31H34N2O2/c1-20-18-23(6-16-29(20)34-27-12-8-25(32)9-13-27)22(3)31(4,5)24-7-17-30(21(2)19-24)35-28-14-10-26(33)11-15-28/h6-19,22H,32-33H2,1-5H3. The maximum Gasteiger partial charge on any atom is 0.130 e. The van der Waals surface area contributed by atoms with Crippen molar-refractivity contribution < 1.29 is 9.47 Å². The van der Waals surface area contributed by atoms with Crippen LogP contribution in [0.5, 0.6) is 23.0 Å². The smallest absolute Gasteiger partial charge is 0.130 e. The highest BCUT2D eigenvalue weighted by Crippen LogP contribution is 2.41. The van der Waals surface area contributed by atoms with Gasteiger partial charge in [-0.3, -0.25) is 0 Å². The Hall–Kier alpha value is -3.92. The molecule has 4 aromatic rings. The Balaban J connectivity index is 1.52. The van der Waals surface area contributed by atoms with Gasteiger partial charge in [0.05, 0.1) is 0 Å². The van der Waals surface area contributed by atoms with Crippen molar-refractivity contribution in [3.63, 3.8) is 0 Å². The molecule has 0 saturated heterocycles. The van der Waals surface area contributed by atoms with Gasteiger partial charge in [-0.25, -0.2) is 0 Å². The third-order valence-corrected chi connectivity index (χ3v) is 6.92. The highest BCUT2D eigenvalue weighted by atomic mass is 16.5. The van der Waals surface area contributed by atoms with Crippen LogP contribution in [0.2, 0.25) is 0 Å². The lowest BCUT2D eigenvalue weighted by molar-refractivity contribution is 0.432. The molecule has 0 aliphatic heterocycles. The zero-order valence-electron chi connectivity index (χ0n) is 21.1. The summed E-state index contributed by atoms with van der Waals surface area (Å²) in [6.07, 6.45) is 0. The minimum Gasteiger partial charge on any atom is -0.457 e. The first-order valence-corrected chi connectivity index (χ1v) is 11.9. The fourth-order valence-corrected chi connectivity index (χ4v) is 4.21. The average Bonchev–Trinajstić information content (AvgIpc) is 2.83. The van der Waals surface area contributed by atoms with Gasteiger partial charge in [-0.2, -0.15) is 0 Å². The quantitative estimate of drug-likeness (QED) is 0.270. The molecule has 0 amide bonds. The highest BCUT2D eigenvalue weighted by Gasteiger charge is 2.30. The van der Waals surface area contributed by atoms with Crippen molar-refractivity contribution in [2.45, 2.75) is 46.0 Å². The van der Waals surface area contributed by atoms with Crippen LogP contribution < -0.4 is 20.9 Å². The van der Waals surface area contributed by atoms with Crippen molar-refractivity contribution in [3.05, 3.63) is 107 Å². The number of aryl methyl sites for hydroxylation is 2. The molecule has 0 aliphatic carbocycles. The lowest BCUT2D eigenvalue weighted by atomic mass is 9.71. The number of ether oxygens (including phenoxy) is 2. The lowest BCUT2D eigenvalue weighted by Gasteiger charge is -2.34. The zero-order chi connectivity index (χ0) is 25.2. The summed E-state index contributed by atoms with van der Waals surface area (Å²) in [5, 5.41) is 0. The molecule has 0 fully saturated rings. The molecule has 0 aliphatic rings. The van der Waals surface area contributed by atoms with Crippen LogP contribution >= 0.6 is 0 Å². The Morgan fingerprint density at radius 3 is 1.54 bits per heavy atom. The van der Waals surface area contributed by atoms with Crippen LogP contribution in [-0.4, -0.2) is 0 Å². The molecule has 4 aromatic carbocycles. The number of benzene rings is 4. The Morgan fingerprint density at radius 2 is 1.09 bits per heavy atom. The number of nitrogen functional groups attached to an aromatic ring is 2. The van der Waals surface area contributed by atoms with Crippen LogP contribution in [0.3, 0.4) is 0 Å². The van der Waals surface area contributed by atoms with Gasteiger partial charge in [0.15, 0.2) is 0 Å². The van der Waals surface area contributed by atoms with Gasteiger partial charge < -0.3 is 20.9 Å². The predicted octanol–water partition coefficient (Wildman–Crippen LogP) is 8.13. The summed E-state index contributed by atoms with van der Waals surface area (Å²) in [6.45, 7) is 11.0. The molecule has 0 spiro atoms. The Bertz CT molecular complexity index is 1310. The van der Waals surface area contributed by atoms with Gasteiger partial charge in [0.25, 0.3) is 0 Å². The largest absolute Gasteiger partial charge is 0.457 e. The topological polar surface area (TPSA) is 70.5 Å². The molecule has 4 rings (SSSR count). The van der Waals surface area contributed by atoms with Crippen molar-refractivity contribution in [2.24, 2.45) is 0 Å². The molecule has 0 saturated carbocycles. The van der Waals surface area contributed by atoms with E-state index in [4.69, 9.17) is 20.9 Å². The first-order valence-electron chi connectivity index (χ1n) is 11.9. The Morgan fingerprint density at radius 1 is 0.629 bits per heavy atom. The molecule has 1 unspecified atom stereocenters. The summed E-state index contributed by atoms with van der Waals surface area (Å²) < 4.78 is 12.2. The van der Waals surface area contributed by atoms with E-state index in [0.29, 0.717) is 0 Å². The maximum absolute atomic E-state index is 6.08. The summed E-state index contributed by atoms with van der Waals surface area (Å²) in [5.41, 5.74) is 17.7. The van der Waals surface area contributed by atoms with Crippen molar-refractivity contribution in [3.8, 4) is 23.0 Å². The van der Waals surface area contributed by atoms with Crippen LogP contribution in [0.4, 0.5) is 11.4 Å². The van der Waals surface area contributed by atoms with Gasteiger partial charge >= 0.3 is 0 Å². The number of hydrogen-bond donors (Lipinski definition) is 2. The van der Waals surface area contributed by atoms with Crippen LogP contribution in [0.15, 0.2) is 84.9 Å². The maximum atomic E-state index is 6.08. The van der Waals surface area contributed by atoms with E-state index in [1.165, 1.54) is 11.1 Å². The minimum atomic E-state index is -0.0870. The molecule has 4 nitrogen and oxygen atoms in total. The highest BCUT2D eigenvalue weighted by molar-refractivity contribution is 5.48. The van der Waals surface area contributed by atoms with Gasteiger partial charge in [-0.1, -0.05) is 45.0 Å². The average molecular weight is 467 g/mol. The molecule has 4 N–H and O–H groups in total. The third kappa shape index (κ3) is 5.43. The van der Waals surface area contributed by atoms with Crippen molar-refractivity contribution in [1.82, 2.24) is 0 Å². The number of nitrogens with two attached hydrogens (primary N) is 2. The fourth-order valence-electron chi connectivity index (χ4n) is 4.21. The zero-order valence-corrected chi connectivity index (χ0v) is 21.1. The summed E-state index contributed by atoms with van der Waals surface area (Å²) in [4.78, 5) is 0. The minimum absolute atomic E-state index is 0.0870. The molecule has 180 valence electrons.